The first-order valence-electron chi connectivity index (χ1n) is 5.30. The van der Waals surface area contributed by atoms with Gasteiger partial charge in [-0.2, -0.15) is 0 Å². The Bertz CT molecular complexity index is 209. The molecule has 0 atom stereocenters. The van der Waals surface area contributed by atoms with Crippen LogP contribution < -0.4 is 0 Å². The molecule has 15 heavy (non-hydrogen) atoms. The summed E-state index contributed by atoms with van der Waals surface area (Å²) in [7, 11) is 3.63. The molecule has 90 valence electrons. The van der Waals surface area contributed by atoms with Gasteiger partial charge in [-0.25, -0.2) is 0 Å². The Labute approximate surface area is 92.9 Å². The van der Waals surface area contributed by atoms with E-state index in [1.165, 1.54) is 0 Å². The van der Waals surface area contributed by atoms with E-state index in [2.05, 4.69) is 0 Å². The predicted octanol–water partition coefficient (Wildman–Crippen LogP) is 0.556. The highest BCUT2D eigenvalue weighted by atomic mass is 16.3. The summed E-state index contributed by atoms with van der Waals surface area (Å²) in [5.74, 6) is 0.0803. The van der Waals surface area contributed by atoms with Crippen LogP contribution >= 0.6 is 0 Å². The lowest BCUT2D eigenvalue weighted by Gasteiger charge is -2.28. The Morgan fingerprint density at radius 2 is 1.80 bits per heavy atom. The molecule has 1 N–H and O–H groups in total. The summed E-state index contributed by atoms with van der Waals surface area (Å²) in [6.07, 6.45) is 0. The minimum Gasteiger partial charge on any atom is -0.389 e. The molecule has 0 aromatic heterocycles. The molecular weight excluding hydrogens is 192 g/mol. The molecule has 0 unspecified atom stereocenters. The van der Waals surface area contributed by atoms with Crippen LogP contribution in [0.1, 0.15) is 27.7 Å². The van der Waals surface area contributed by atoms with E-state index in [4.69, 9.17) is 0 Å². The SMILES string of the molecule is CC(C)N(C)C(=O)CN(C)CC(C)(C)O. The Balaban J connectivity index is 4.08. The van der Waals surface area contributed by atoms with Crippen LogP contribution in [0, 0.1) is 0 Å². The average molecular weight is 216 g/mol. The highest BCUT2D eigenvalue weighted by Crippen LogP contribution is 2.03. The lowest BCUT2D eigenvalue weighted by Crippen LogP contribution is -2.44. The van der Waals surface area contributed by atoms with Crippen molar-refractivity contribution in [1.29, 1.82) is 0 Å². The quantitative estimate of drug-likeness (QED) is 0.730. The molecule has 0 saturated heterocycles. The molecule has 4 heteroatoms. The molecular formula is C11H24N2O2. The van der Waals surface area contributed by atoms with E-state index in [1.54, 1.807) is 25.8 Å². The molecule has 0 aliphatic rings. The van der Waals surface area contributed by atoms with Gasteiger partial charge in [-0.15, -0.1) is 0 Å². The number of likely N-dealkylation sites (N-methyl/N-ethyl adjacent to an activating group) is 2. The fourth-order valence-electron chi connectivity index (χ4n) is 1.35. The van der Waals surface area contributed by atoms with Crippen molar-refractivity contribution in [3.05, 3.63) is 0 Å². The van der Waals surface area contributed by atoms with E-state index in [9.17, 15) is 9.90 Å². The fourth-order valence-corrected chi connectivity index (χ4v) is 1.35. The van der Waals surface area contributed by atoms with Gasteiger partial charge >= 0.3 is 0 Å². The van der Waals surface area contributed by atoms with Crippen LogP contribution in [0.2, 0.25) is 0 Å². The first-order chi connectivity index (χ1) is 6.63. The molecule has 0 heterocycles. The molecule has 0 spiro atoms. The zero-order valence-corrected chi connectivity index (χ0v) is 10.7. The average Bonchev–Trinajstić information content (AvgIpc) is 1.98. The second-order valence-corrected chi connectivity index (χ2v) is 5.08. The Morgan fingerprint density at radius 1 is 1.33 bits per heavy atom. The maximum Gasteiger partial charge on any atom is 0.236 e. The maximum atomic E-state index is 11.7. The molecule has 1 amide bonds. The van der Waals surface area contributed by atoms with Gasteiger partial charge in [0.1, 0.15) is 0 Å². The van der Waals surface area contributed by atoms with Crippen molar-refractivity contribution in [3.63, 3.8) is 0 Å². The van der Waals surface area contributed by atoms with Gasteiger partial charge in [0.05, 0.1) is 12.1 Å². The normalized spacial score (nSPS) is 12.3. The second kappa shape index (κ2) is 5.47. The first kappa shape index (κ1) is 14.4. The number of amides is 1. The summed E-state index contributed by atoms with van der Waals surface area (Å²) in [6.45, 7) is 8.27. The van der Waals surface area contributed by atoms with Gasteiger partial charge in [0, 0.05) is 19.6 Å². The molecule has 0 aliphatic carbocycles. The largest absolute Gasteiger partial charge is 0.389 e. The van der Waals surface area contributed by atoms with Crippen molar-refractivity contribution in [2.45, 2.75) is 39.3 Å². The predicted molar refractivity (Wildman–Crippen MR) is 61.7 cm³/mol. The zero-order valence-electron chi connectivity index (χ0n) is 10.7. The van der Waals surface area contributed by atoms with Crippen LogP contribution in [-0.2, 0) is 4.79 Å². The van der Waals surface area contributed by atoms with E-state index in [-0.39, 0.29) is 11.9 Å². The summed E-state index contributed by atoms with van der Waals surface area (Å²) in [5, 5.41) is 9.58. The van der Waals surface area contributed by atoms with E-state index >= 15 is 0 Å². The van der Waals surface area contributed by atoms with E-state index in [1.807, 2.05) is 25.8 Å². The van der Waals surface area contributed by atoms with Gasteiger partial charge in [-0.1, -0.05) is 0 Å². The Morgan fingerprint density at radius 3 is 2.13 bits per heavy atom. The van der Waals surface area contributed by atoms with Crippen molar-refractivity contribution < 1.29 is 9.90 Å². The third kappa shape index (κ3) is 6.47. The van der Waals surface area contributed by atoms with Crippen LogP contribution in [0.15, 0.2) is 0 Å². The monoisotopic (exact) mass is 216 g/mol. The Hall–Kier alpha value is -0.610. The Kier molecular flexibility index (Phi) is 5.24. The number of carbonyl (C=O) groups excluding carboxylic acids is 1. The van der Waals surface area contributed by atoms with Crippen LogP contribution in [0.25, 0.3) is 0 Å². The summed E-state index contributed by atoms with van der Waals surface area (Å²) in [5.41, 5.74) is -0.758. The molecule has 0 aliphatic heterocycles. The summed E-state index contributed by atoms with van der Waals surface area (Å²) in [6, 6.07) is 0.216. The molecule has 4 nitrogen and oxygen atoms in total. The fraction of sp³-hybridized carbons (Fsp3) is 0.909. The highest BCUT2D eigenvalue weighted by Gasteiger charge is 2.19. The smallest absolute Gasteiger partial charge is 0.236 e. The van der Waals surface area contributed by atoms with Crippen LogP contribution in [0.4, 0.5) is 0 Å². The molecule has 0 bridgehead atoms. The minimum atomic E-state index is -0.758. The topological polar surface area (TPSA) is 43.8 Å². The minimum absolute atomic E-state index is 0.0803. The second-order valence-electron chi connectivity index (χ2n) is 5.08. The number of rotatable bonds is 5. The third-order valence-corrected chi connectivity index (χ3v) is 2.23. The van der Waals surface area contributed by atoms with Gasteiger partial charge in [0.25, 0.3) is 0 Å². The first-order valence-corrected chi connectivity index (χ1v) is 5.30. The number of hydrogen-bond acceptors (Lipinski definition) is 3. The summed E-state index contributed by atoms with van der Waals surface area (Å²) >= 11 is 0. The van der Waals surface area contributed by atoms with Gasteiger partial charge < -0.3 is 10.0 Å². The van der Waals surface area contributed by atoms with Crippen molar-refractivity contribution in [2.75, 3.05) is 27.2 Å². The molecule has 0 aromatic carbocycles. The number of hydrogen-bond donors (Lipinski definition) is 1. The van der Waals surface area contributed by atoms with Gasteiger partial charge in [0.15, 0.2) is 0 Å². The molecule has 0 rings (SSSR count). The maximum absolute atomic E-state index is 11.7. The standard InChI is InChI=1S/C11H24N2O2/c1-9(2)13(6)10(14)7-12(5)8-11(3,4)15/h9,15H,7-8H2,1-6H3. The summed E-state index contributed by atoms with van der Waals surface area (Å²) in [4.78, 5) is 15.2. The van der Waals surface area contributed by atoms with Crippen molar-refractivity contribution in [2.24, 2.45) is 0 Å². The van der Waals surface area contributed by atoms with E-state index < -0.39 is 5.60 Å². The zero-order chi connectivity index (χ0) is 12.2. The third-order valence-electron chi connectivity index (χ3n) is 2.23. The van der Waals surface area contributed by atoms with E-state index in [0.29, 0.717) is 13.1 Å². The summed E-state index contributed by atoms with van der Waals surface area (Å²) < 4.78 is 0. The lowest BCUT2D eigenvalue weighted by molar-refractivity contribution is -0.132. The van der Waals surface area contributed by atoms with Crippen molar-refractivity contribution in [1.82, 2.24) is 9.80 Å². The number of carbonyl (C=O) groups is 1. The molecule has 0 fully saturated rings. The van der Waals surface area contributed by atoms with Crippen LogP contribution in [0.5, 0.6) is 0 Å². The molecule has 0 aromatic rings. The number of aliphatic hydroxyl groups is 1. The van der Waals surface area contributed by atoms with Crippen LogP contribution in [0.3, 0.4) is 0 Å². The number of nitrogens with zero attached hydrogens (tertiary/aromatic N) is 2. The van der Waals surface area contributed by atoms with Gasteiger partial charge in [-0.05, 0) is 34.7 Å². The van der Waals surface area contributed by atoms with Crippen molar-refractivity contribution in [3.8, 4) is 0 Å². The lowest BCUT2D eigenvalue weighted by atomic mass is 10.1. The molecule has 0 saturated carbocycles. The highest BCUT2D eigenvalue weighted by molar-refractivity contribution is 5.78. The van der Waals surface area contributed by atoms with E-state index in [0.717, 1.165) is 0 Å². The van der Waals surface area contributed by atoms with Crippen molar-refractivity contribution >= 4 is 5.91 Å². The van der Waals surface area contributed by atoms with Gasteiger partial charge in [0.2, 0.25) is 5.91 Å². The van der Waals surface area contributed by atoms with Crippen LogP contribution in [-0.4, -0.2) is 59.6 Å². The van der Waals surface area contributed by atoms with Gasteiger partial charge in [-0.3, -0.25) is 9.69 Å². The molecule has 0 radical (unpaired) electrons.